The summed E-state index contributed by atoms with van der Waals surface area (Å²) >= 11 is 0. The van der Waals surface area contributed by atoms with Crippen molar-refractivity contribution >= 4 is 17.4 Å². The van der Waals surface area contributed by atoms with Crippen molar-refractivity contribution in [1.29, 1.82) is 0 Å². The van der Waals surface area contributed by atoms with Crippen molar-refractivity contribution in [2.24, 2.45) is 5.92 Å². The first-order chi connectivity index (χ1) is 13.7. The van der Waals surface area contributed by atoms with Gasteiger partial charge in [0, 0.05) is 30.5 Å². The lowest BCUT2D eigenvalue weighted by molar-refractivity contribution is -0.120. The van der Waals surface area contributed by atoms with E-state index in [4.69, 9.17) is 0 Å². The number of nitrogens with one attached hydrogen (secondary N) is 1. The minimum absolute atomic E-state index is 0.0234. The number of benzene rings is 2. The van der Waals surface area contributed by atoms with E-state index in [9.17, 15) is 9.18 Å². The van der Waals surface area contributed by atoms with Gasteiger partial charge in [0.1, 0.15) is 11.6 Å². The van der Waals surface area contributed by atoms with Crippen LogP contribution in [0.2, 0.25) is 0 Å². The molecule has 28 heavy (non-hydrogen) atoms. The Morgan fingerprint density at radius 1 is 1.11 bits per heavy atom. The van der Waals surface area contributed by atoms with Crippen LogP contribution in [0.1, 0.15) is 12.8 Å². The minimum atomic E-state index is -0.317. The van der Waals surface area contributed by atoms with E-state index >= 15 is 0 Å². The summed E-state index contributed by atoms with van der Waals surface area (Å²) in [7, 11) is 0. The van der Waals surface area contributed by atoms with Crippen LogP contribution in [0.3, 0.4) is 0 Å². The largest absolute Gasteiger partial charge is 0.356 e. The van der Waals surface area contributed by atoms with Crippen LogP contribution < -0.4 is 10.2 Å². The van der Waals surface area contributed by atoms with Gasteiger partial charge >= 0.3 is 0 Å². The third-order valence-corrected chi connectivity index (χ3v) is 4.88. The van der Waals surface area contributed by atoms with E-state index in [1.807, 2.05) is 36.4 Å². The number of amides is 1. The highest BCUT2D eigenvalue weighted by atomic mass is 19.1. The van der Waals surface area contributed by atoms with Crippen LogP contribution in [-0.4, -0.2) is 29.0 Å². The summed E-state index contributed by atoms with van der Waals surface area (Å²) in [5.74, 6) is 0.832. The molecule has 0 saturated carbocycles. The highest BCUT2D eigenvalue weighted by Crippen LogP contribution is 2.25. The Kier molecular flexibility index (Phi) is 5.28. The third-order valence-electron chi connectivity index (χ3n) is 4.88. The number of rotatable bonds is 4. The molecule has 1 aromatic heterocycles. The molecule has 1 aliphatic rings. The second-order valence-corrected chi connectivity index (χ2v) is 6.89. The molecule has 142 valence electrons. The van der Waals surface area contributed by atoms with Gasteiger partial charge in [0.15, 0.2) is 5.82 Å². The molecule has 2 aromatic carbocycles. The van der Waals surface area contributed by atoms with E-state index in [-0.39, 0.29) is 17.6 Å². The number of hydrogen-bond donors (Lipinski definition) is 1. The summed E-state index contributed by atoms with van der Waals surface area (Å²) in [5.41, 5.74) is 1.44. The highest BCUT2D eigenvalue weighted by molar-refractivity contribution is 5.93. The van der Waals surface area contributed by atoms with E-state index in [0.717, 1.165) is 30.9 Å². The summed E-state index contributed by atoms with van der Waals surface area (Å²) in [6.07, 6.45) is 3.43. The fraction of sp³-hybridized carbons (Fsp3) is 0.227. The lowest BCUT2D eigenvalue weighted by atomic mass is 9.97. The van der Waals surface area contributed by atoms with Crippen molar-refractivity contribution in [1.82, 2.24) is 9.97 Å². The molecule has 6 heteroatoms. The Balaban J connectivity index is 1.49. The standard InChI is InChI=1S/C22H21FN4O/c23-18-8-4-6-16(14-18)21-24-12-11-20(26-21)27-13-5-7-17(15-27)22(28)25-19-9-2-1-3-10-19/h1-4,6,8-12,14,17H,5,7,13,15H2,(H,25,28)/t17-/m0/s1. The molecule has 3 aromatic rings. The maximum atomic E-state index is 13.5. The van der Waals surface area contributed by atoms with Crippen molar-refractivity contribution < 1.29 is 9.18 Å². The maximum absolute atomic E-state index is 13.5. The molecule has 0 unspecified atom stereocenters. The molecule has 1 atom stereocenters. The summed E-state index contributed by atoms with van der Waals surface area (Å²) < 4.78 is 13.5. The fourth-order valence-electron chi connectivity index (χ4n) is 3.46. The van der Waals surface area contributed by atoms with Gasteiger partial charge in [-0.05, 0) is 43.2 Å². The Bertz CT molecular complexity index is 964. The van der Waals surface area contributed by atoms with E-state index < -0.39 is 0 Å². The molecule has 0 spiro atoms. The van der Waals surface area contributed by atoms with Crippen molar-refractivity contribution in [2.75, 3.05) is 23.3 Å². The number of piperidine rings is 1. The van der Waals surface area contributed by atoms with Crippen LogP contribution in [0, 0.1) is 11.7 Å². The number of hydrogen-bond acceptors (Lipinski definition) is 4. The second kappa shape index (κ2) is 8.17. The molecule has 1 saturated heterocycles. The average Bonchev–Trinajstić information content (AvgIpc) is 2.75. The predicted molar refractivity (Wildman–Crippen MR) is 107 cm³/mol. The molecule has 0 bridgehead atoms. The topological polar surface area (TPSA) is 58.1 Å². The van der Waals surface area contributed by atoms with Crippen molar-refractivity contribution in [2.45, 2.75) is 12.8 Å². The molecule has 1 fully saturated rings. The Hall–Kier alpha value is -3.28. The quantitative estimate of drug-likeness (QED) is 0.744. The van der Waals surface area contributed by atoms with Crippen LogP contribution in [0.25, 0.3) is 11.4 Å². The van der Waals surface area contributed by atoms with E-state index in [1.165, 1.54) is 12.1 Å². The zero-order valence-electron chi connectivity index (χ0n) is 15.4. The van der Waals surface area contributed by atoms with Crippen LogP contribution in [0.15, 0.2) is 66.9 Å². The zero-order valence-corrected chi connectivity index (χ0v) is 15.4. The first-order valence-corrected chi connectivity index (χ1v) is 9.39. The molecule has 1 aliphatic heterocycles. The molecule has 0 aliphatic carbocycles. The fourth-order valence-corrected chi connectivity index (χ4v) is 3.46. The normalized spacial score (nSPS) is 16.6. The molecular weight excluding hydrogens is 355 g/mol. The van der Waals surface area contributed by atoms with Crippen LogP contribution in [0.4, 0.5) is 15.9 Å². The van der Waals surface area contributed by atoms with Gasteiger partial charge in [-0.3, -0.25) is 4.79 Å². The SMILES string of the molecule is O=C(Nc1ccccc1)[C@H]1CCCN(c2ccnc(-c3cccc(F)c3)n2)C1. The highest BCUT2D eigenvalue weighted by Gasteiger charge is 2.26. The smallest absolute Gasteiger partial charge is 0.229 e. The molecule has 0 radical (unpaired) electrons. The van der Waals surface area contributed by atoms with E-state index in [0.29, 0.717) is 17.9 Å². The molecule has 5 nitrogen and oxygen atoms in total. The number of para-hydroxylation sites is 1. The summed E-state index contributed by atoms with van der Waals surface area (Å²) in [6.45, 7) is 1.42. The molecular formula is C22H21FN4O. The van der Waals surface area contributed by atoms with E-state index in [2.05, 4.69) is 20.2 Å². The van der Waals surface area contributed by atoms with Gasteiger partial charge in [0.2, 0.25) is 5.91 Å². The minimum Gasteiger partial charge on any atom is -0.356 e. The van der Waals surface area contributed by atoms with Gasteiger partial charge in [-0.1, -0.05) is 30.3 Å². The summed E-state index contributed by atoms with van der Waals surface area (Å²) in [6, 6.07) is 17.6. The number of carbonyl (C=O) groups is 1. The molecule has 2 heterocycles. The molecule has 1 amide bonds. The Morgan fingerprint density at radius 2 is 1.96 bits per heavy atom. The van der Waals surface area contributed by atoms with Crippen molar-refractivity contribution in [3.05, 3.63) is 72.7 Å². The van der Waals surface area contributed by atoms with Gasteiger partial charge in [0.25, 0.3) is 0 Å². The number of aromatic nitrogens is 2. The van der Waals surface area contributed by atoms with Gasteiger partial charge in [-0.25, -0.2) is 14.4 Å². The van der Waals surface area contributed by atoms with E-state index in [1.54, 1.807) is 18.3 Å². The monoisotopic (exact) mass is 376 g/mol. The predicted octanol–water partition coefficient (Wildman–Crippen LogP) is 4.14. The maximum Gasteiger partial charge on any atom is 0.229 e. The van der Waals surface area contributed by atoms with Crippen LogP contribution in [0.5, 0.6) is 0 Å². The van der Waals surface area contributed by atoms with Gasteiger partial charge in [0.05, 0.1) is 5.92 Å². The van der Waals surface area contributed by atoms with Crippen LogP contribution >= 0.6 is 0 Å². The number of carbonyl (C=O) groups excluding carboxylic acids is 1. The van der Waals surface area contributed by atoms with Gasteiger partial charge in [-0.15, -0.1) is 0 Å². The van der Waals surface area contributed by atoms with Gasteiger partial charge in [-0.2, -0.15) is 0 Å². The first-order valence-electron chi connectivity index (χ1n) is 9.39. The molecule has 1 N–H and O–H groups in total. The molecule has 4 rings (SSSR count). The number of nitrogens with zero attached hydrogens (tertiary/aromatic N) is 3. The zero-order chi connectivity index (χ0) is 19.3. The lowest BCUT2D eigenvalue weighted by Crippen LogP contribution is -2.41. The average molecular weight is 376 g/mol. The lowest BCUT2D eigenvalue weighted by Gasteiger charge is -2.33. The second-order valence-electron chi connectivity index (χ2n) is 6.89. The first kappa shape index (κ1) is 18.1. The summed E-state index contributed by atoms with van der Waals surface area (Å²) in [4.78, 5) is 23.6. The van der Waals surface area contributed by atoms with Crippen molar-refractivity contribution in [3.63, 3.8) is 0 Å². The number of halogens is 1. The Morgan fingerprint density at radius 3 is 2.79 bits per heavy atom. The van der Waals surface area contributed by atoms with Crippen molar-refractivity contribution in [3.8, 4) is 11.4 Å². The van der Waals surface area contributed by atoms with Gasteiger partial charge < -0.3 is 10.2 Å². The Labute approximate surface area is 163 Å². The number of anilines is 2. The summed E-state index contributed by atoms with van der Waals surface area (Å²) in [5, 5.41) is 2.99. The third kappa shape index (κ3) is 4.17. The van der Waals surface area contributed by atoms with Crippen LogP contribution in [-0.2, 0) is 4.79 Å².